The fraction of sp³-hybridized carbons (Fsp3) is 0.0556. The summed E-state index contributed by atoms with van der Waals surface area (Å²) in [5.74, 6) is -2.57. The van der Waals surface area contributed by atoms with Gasteiger partial charge in [0.2, 0.25) is 0 Å². The Morgan fingerprint density at radius 2 is 1.73 bits per heavy atom. The SMILES string of the molecule is O=C(O)CNC(=O)C(=Cc1ccccc1)NC(=O)c1ccc(Cl)cc1Cl. The Hall–Kier alpha value is -2.83. The Balaban J connectivity index is 2.28. The Morgan fingerprint density at radius 3 is 2.35 bits per heavy atom. The van der Waals surface area contributed by atoms with Crippen molar-refractivity contribution >= 4 is 47.1 Å². The third-order valence-corrected chi connectivity index (χ3v) is 3.73. The second-order valence-corrected chi connectivity index (χ2v) is 5.97. The van der Waals surface area contributed by atoms with E-state index in [4.69, 9.17) is 28.3 Å². The maximum Gasteiger partial charge on any atom is 0.322 e. The van der Waals surface area contributed by atoms with Crippen LogP contribution in [0.2, 0.25) is 10.0 Å². The van der Waals surface area contributed by atoms with E-state index < -0.39 is 24.3 Å². The van der Waals surface area contributed by atoms with Gasteiger partial charge in [0.05, 0.1) is 10.6 Å². The minimum atomic E-state index is -1.20. The lowest BCUT2D eigenvalue weighted by Gasteiger charge is -2.11. The average Bonchev–Trinajstić information content (AvgIpc) is 2.59. The fourth-order valence-electron chi connectivity index (χ4n) is 1.99. The molecule has 0 aliphatic carbocycles. The van der Waals surface area contributed by atoms with Crippen LogP contribution in [0.1, 0.15) is 15.9 Å². The summed E-state index contributed by atoms with van der Waals surface area (Å²) in [6, 6.07) is 13.1. The van der Waals surface area contributed by atoms with Gasteiger partial charge in [-0.3, -0.25) is 14.4 Å². The van der Waals surface area contributed by atoms with Crippen LogP contribution in [0.15, 0.2) is 54.2 Å². The molecule has 134 valence electrons. The lowest BCUT2D eigenvalue weighted by molar-refractivity contribution is -0.137. The molecule has 0 atom stereocenters. The molecular weight excluding hydrogens is 379 g/mol. The van der Waals surface area contributed by atoms with Crippen LogP contribution < -0.4 is 10.6 Å². The lowest BCUT2D eigenvalue weighted by Crippen LogP contribution is -2.37. The number of carboxylic acids is 1. The summed E-state index contributed by atoms with van der Waals surface area (Å²) in [6.07, 6.45) is 1.43. The van der Waals surface area contributed by atoms with E-state index in [9.17, 15) is 14.4 Å². The van der Waals surface area contributed by atoms with Crippen LogP contribution >= 0.6 is 23.2 Å². The van der Waals surface area contributed by atoms with Crippen LogP contribution in [0.4, 0.5) is 0 Å². The number of carbonyl (C=O) groups excluding carboxylic acids is 2. The van der Waals surface area contributed by atoms with Crippen molar-refractivity contribution < 1.29 is 19.5 Å². The molecule has 0 radical (unpaired) electrons. The monoisotopic (exact) mass is 392 g/mol. The summed E-state index contributed by atoms with van der Waals surface area (Å²) in [4.78, 5) is 35.3. The number of hydrogen-bond acceptors (Lipinski definition) is 3. The van der Waals surface area contributed by atoms with Crippen LogP contribution in [-0.2, 0) is 9.59 Å². The molecule has 2 amide bonds. The van der Waals surface area contributed by atoms with Crippen molar-refractivity contribution in [3.8, 4) is 0 Å². The van der Waals surface area contributed by atoms with Crippen LogP contribution in [0.25, 0.3) is 6.08 Å². The first-order valence-corrected chi connectivity index (χ1v) is 8.15. The fourth-order valence-corrected chi connectivity index (χ4v) is 2.48. The summed E-state index contributed by atoms with van der Waals surface area (Å²) in [5.41, 5.74) is 0.657. The number of hydrogen-bond donors (Lipinski definition) is 3. The molecule has 2 aromatic rings. The van der Waals surface area contributed by atoms with Crippen molar-refractivity contribution in [3.05, 3.63) is 75.4 Å². The molecule has 0 aliphatic heterocycles. The van der Waals surface area contributed by atoms with Crippen LogP contribution in [0.5, 0.6) is 0 Å². The predicted molar refractivity (Wildman–Crippen MR) is 99.0 cm³/mol. The Labute approximate surface area is 159 Å². The van der Waals surface area contributed by atoms with Gasteiger partial charge in [-0.15, -0.1) is 0 Å². The van der Waals surface area contributed by atoms with Crippen molar-refractivity contribution in [1.82, 2.24) is 10.6 Å². The van der Waals surface area contributed by atoms with Crippen molar-refractivity contribution in [2.24, 2.45) is 0 Å². The van der Waals surface area contributed by atoms with Gasteiger partial charge in [0, 0.05) is 5.02 Å². The molecule has 6 nitrogen and oxygen atoms in total. The summed E-state index contributed by atoms with van der Waals surface area (Å²) in [7, 11) is 0. The molecule has 2 aromatic carbocycles. The number of amides is 2. The number of nitrogens with one attached hydrogen (secondary N) is 2. The third kappa shape index (κ3) is 5.61. The highest BCUT2D eigenvalue weighted by Gasteiger charge is 2.17. The summed E-state index contributed by atoms with van der Waals surface area (Å²) in [6.45, 7) is -0.581. The van der Waals surface area contributed by atoms with E-state index in [2.05, 4.69) is 10.6 Å². The maximum absolute atomic E-state index is 12.4. The summed E-state index contributed by atoms with van der Waals surface area (Å²) >= 11 is 11.8. The average molecular weight is 393 g/mol. The first-order valence-electron chi connectivity index (χ1n) is 7.40. The molecule has 0 saturated heterocycles. The van der Waals surface area contributed by atoms with Crippen LogP contribution in [-0.4, -0.2) is 29.4 Å². The van der Waals surface area contributed by atoms with E-state index in [1.807, 2.05) is 0 Å². The number of halogens is 2. The van der Waals surface area contributed by atoms with E-state index in [1.165, 1.54) is 24.3 Å². The Bertz CT molecular complexity index is 867. The minimum Gasteiger partial charge on any atom is -0.480 e. The van der Waals surface area contributed by atoms with Gasteiger partial charge in [-0.2, -0.15) is 0 Å². The molecule has 26 heavy (non-hydrogen) atoms. The van der Waals surface area contributed by atoms with Gasteiger partial charge in [0.15, 0.2) is 0 Å². The second kappa shape index (κ2) is 9.03. The van der Waals surface area contributed by atoms with E-state index in [-0.39, 0.29) is 16.3 Å². The Morgan fingerprint density at radius 1 is 1.04 bits per heavy atom. The topological polar surface area (TPSA) is 95.5 Å². The number of aliphatic carboxylic acids is 1. The van der Waals surface area contributed by atoms with Crippen LogP contribution in [0.3, 0.4) is 0 Å². The smallest absolute Gasteiger partial charge is 0.322 e. The van der Waals surface area contributed by atoms with E-state index in [0.29, 0.717) is 10.6 Å². The normalized spacial score (nSPS) is 10.9. The van der Waals surface area contributed by atoms with E-state index >= 15 is 0 Å². The molecule has 0 aliphatic rings. The van der Waals surface area contributed by atoms with Gasteiger partial charge in [-0.05, 0) is 29.8 Å². The summed E-state index contributed by atoms with van der Waals surface area (Å²) < 4.78 is 0. The highest BCUT2D eigenvalue weighted by Crippen LogP contribution is 2.21. The zero-order valence-corrected chi connectivity index (χ0v) is 14.8. The predicted octanol–water partition coefficient (Wildman–Crippen LogP) is 2.97. The highest BCUT2D eigenvalue weighted by molar-refractivity contribution is 6.36. The molecule has 3 N–H and O–H groups in total. The van der Waals surface area contributed by atoms with Crippen molar-refractivity contribution in [2.45, 2.75) is 0 Å². The quantitative estimate of drug-likeness (QED) is 0.658. The highest BCUT2D eigenvalue weighted by atomic mass is 35.5. The van der Waals surface area contributed by atoms with Crippen molar-refractivity contribution in [2.75, 3.05) is 6.54 Å². The second-order valence-electron chi connectivity index (χ2n) is 5.12. The van der Waals surface area contributed by atoms with Gasteiger partial charge in [0.25, 0.3) is 11.8 Å². The van der Waals surface area contributed by atoms with Crippen LogP contribution in [0, 0.1) is 0 Å². The first kappa shape index (κ1) is 19.5. The molecule has 8 heteroatoms. The molecule has 0 aromatic heterocycles. The van der Waals surface area contributed by atoms with E-state index in [1.54, 1.807) is 30.3 Å². The molecule has 0 heterocycles. The molecule has 0 bridgehead atoms. The van der Waals surface area contributed by atoms with Gasteiger partial charge in [-0.25, -0.2) is 0 Å². The number of carbonyl (C=O) groups is 3. The standard InChI is InChI=1S/C18H14Cl2N2O4/c19-12-6-7-13(14(20)9-12)17(25)22-15(18(26)21-10-16(23)24)8-11-4-2-1-3-5-11/h1-9H,10H2,(H,21,26)(H,22,25)(H,23,24). The number of benzene rings is 2. The minimum absolute atomic E-state index is 0.117. The molecule has 0 fully saturated rings. The molecule has 0 spiro atoms. The van der Waals surface area contributed by atoms with Crippen molar-refractivity contribution in [1.29, 1.82) is 0 Å². The molecule has 2 rings (SSSR count). The maximum atomic E-state index is 12.4. The van der Waals surface area contributed by atoms with Crippen molar-refractivity contribution in [3.63, 3.8) is 0 Å². The number of rotatable bonds is 6. The lowest BCUT2D eigenvalue weighted by atomic mass is 10.1. The molecule has 0 saturated carbocycles. The van der Waals surface area contributed by atoms with Gasteiger partial charge < -0.3 is 15.7 Å². The zero-order valence-electron chi connectivity index (χ0n) is 13.3. The summed E-state index contributed by atoms with van der Waals surface area (Å²) in [5, 5.41) is 13.9. The first-order chi connectivity index (χ1) is 12.4. The van der Waals surface area contributed by atoms with Gasteiger partial charge in [-0.1, -0.05) is 53.5 Å². The van der Waals surface area contributed by atoms with E-state index in [0.717, 1.165) is 0 Å². The zero-order chi connectivity index (χ0) is 19.1. The molecule has 0 unspecified atom stereocenters. The third-order valence-electron chi connectivity index (χ3n) is 3.18. The number of carboxylic acid groups (broad SMARTS) is 1. The van der Waals surface area contributed by atoms with Gasteiger partial charge in [0.1, 0.15) is 12.2 Å². The Kier molecular flexibility index (Phi) is 6.77. The van der Waals surface area contributed by atoms with Gasteiger partial charge >= 0.3 is 5.97 Å². The largest absolute Gasteiger partial charge is 0.480 e. The molecular formula is C18H14Cl2N2O4.